The van der Waals surface area contributed by atoms with Crippen LogP contribution >= 0.6 is 0 Å². The number of hydrogen-bond acceptors (Lipinski definition) is 0. The first-order chi connectivity index (χ1) is 4.77. The average Bonchev–Trinajstić information content (AvgIpc) is 2.35. The number of hydrogen-bond donors (Lipinski definition) is 0. The van der Waals surface area contributed by atoms with Gasteiger partial charge in [-0.1, -0.05) is 24.3 Å². The van der Waals surface area contributed by atoms with E-state index < -0.39 is 0 Å². The molecule has 10 heavy (non-hydrogen) atoms. The molecule has 0 radical (unpaired) electrons. The normalized spacial score (nSPS) is 21.4. The van der Waals surface area contributed by atoms with E-state index in [9.17, 15) is 0 Å². The minimum absolute atomic E-state index is 1.37. The Labute approximate surface area is 61.3 Å². The molecule has 0 unspecified atom stereocenters. The molecule has 0 aromatic carbocycles. The Morgan fingerprint density at radius 2 is 1.80 bits per heavy atom. The van der Waals surface area contributed by atoms with Crippen molar-refractivity contribution in [1.82, 2.24) is 0 Å². The standard InChI is InChI=1S/C10H10/c1-7-5-9-4-3-8(2)10(9)6-7/h3-6H,1-2H3. The fourth-order valence-corrected chi connectivity index (χ4v) is 1.46. The van der Waals surface area contributed by atoms with Gasteiger partial charge in [-0.2, -0.15) is 0 Å². The van der Waals surface area contributed by atoms with E-state index in [1.165, 1.54) is 22.3 Å². The van der Waals surface area contributed by atoms with E-state index in [0.717, 1.165) is 0 Å². The summed E-state index contributed by atoms with van der Waals surface area (Å²) in [6.07, 6.45) is 8.81. The van der Waals surface area contributed by atoms with Gasteiger partial charge in [0.25, 0.3) is 0 Å². The van der Waals surface area contributed by atoms with Crippen LogP contribution in [0.1, 0.15) is 13.8 Å². The summed E-state index contributed by atoms with van der Waals surface area (Å²) in [5.41, 5.74) is 5.56. The molecule has 2 rings (SSSR count). The molecule has 0 saturated carbocycles. The van der Waals surface area contributed by atoms with Gasteiger partial charge in [-0.15, -0.1) is 0 Å². The third-order valence-corrected chi connectivity index (χ3v) is 2.00. The molecular formula is C10H10. The summed E-state index contributed by atoms with van der Waals surface area (Å²) >= 11 is 0. The van der Waals surface area contributed by atoms with E-state index in [2.05, 4.69) is 38.2 Å². The second-order valence-electron chi connectivity index (χ2n) is 2.92. The van der Waals surface area contributed by atoms with Crippen LogP contribution in [0.3, 0.4) is 0 Å². The molecular weight excluding hydrogens is 120 g/mol. The Kier molecular flexibility index (Phi) is 0.986. The highest BCUT2D eigenvalue weighted by molar-refractivity contribution is 5.64. The van der Waals surface area contributed by atoms with Crippen molar-refractivity contribution in [3.8, 4) is 0 Å². The SMILES string of the molecule is CC1=CC2=C(C)C=CC2=C1. The largest absolute Gasteiger partial charge is 0.0581 e. The van der Waals surface area contributed by atoms with Gasteiger partial charge in [0.15, 0.2) is 0 Å². The Hall–Kier alpha value is -1.04. The van der Waals surface area contributed by atoms with Crippen LogP contribution in [0.5, 0.6) is 0 Å². The third kappa shape index (κ3) is 0.621. The maximum Gasteiger partial charge on any atom is -0.0152 e. The molecule has 0 bridgehead atoms. The van der Waals surface area contributed by atoms with Gasteiger partial charge < -0.3 is 0 Å². The zero-order chi connectivity index (χ0) is 7.14. The predicted octanol–water partition coefficient (Wildman–Crippen LogP) is 2.76. The van der Waals surface area contributed by atoms with Crippen LogP contribution in [-0.2, 0) is 0 Å². The van der Waals surface area contributed by atoms with E-state index in [1.54, 1.807) is 0 Å². The van der Waals surface area contributed by atoms with Crippen LogP contribution in [0.15, 0.2) is 46.6 Å². The minimum atomic E-state index is 1.37. The Balaban J connectivity index is 2.58. The van der Waals surface area contributed by atoms with E-state index in [1.807, 2.05) is 0 Å². The zero-order valence-corrected chi connectivity index (χ0v) is 6.31. The van der Waals surface area contributed by atoms with Crippen LogP contribution in [0.2, 0.25) is 0 Å². The maximum absolute atomic E-state index is 2.24. The van der Waals surface area contributed by atoms with Crippen molar-refractivity contribution in [3.05, 3.63) is 46.6 Å². The van der Waals surface area contributed by atoms with Gasteiger partial charge >= 0.3 is 0 Å². The van der Waals surface area contributed by atoms with Crippen LogP contribution in [-0.4, -0.2) is 0 Å². The van der Waals surface area contributed by atoms with Crippen molar-refractivity contribution in [2.24, 2.45) is 0 Å². The highest BCUT2D eigenvalue weighted by Crippen LogP contribution is 2.32. The first kappa shape index (κ1) is 5.72. The van der Waals surface area contributed by atoms with Crippen molar-refractivity contribution < 1.29 is 0 Å². The lowest BCUT2D eigenvalue weighted by atomic mass is 10.1. The lowest BCUT2D eigenvalue weighted by molar-refractivity contribution is 1.48. The second kappa shape index (κ2) is 1.72. The van der Waals surface area contributed by atoms with Crippen molar-refractivity contribution in [2.45, 2.75) is 13.8 Å². The quantitative estimate of drug-likeness (QED) is 0.473. The van der Waals surface area contributed by atoms with Crippen molar-refractivity contribution in [1.29, 1.82) is 0 Å². The summed E-state index contributed by atoms with van der Waals surface area (Å²) < 4.78 is 0. The third-order valence-electron chi connectivity index (χ3n) is 2.00. The lowest BCUT2D eigenvalue weighted by Gasteiger charge is -1.91. The highest BCUT2D eigenvalue weighted by atomic mass is 14.2. The first-order valence-electron chi connectivity index (χ1n) is 3.57. The van der Waals surface area contributed by atoms with Crippen molar-refractivity contribution in [2.75, 3.05) is 0 Å². The van der Waals surface area contributed by atoms with Gasteiger partial charge in [-0.3, -0.25) is 0 Å². The van der Waals surface area contributed by atoms with E-state index in [4.69, 9.17) is 0 Å². The van der Waals surface area contributed by atoms with Crippen LogP contribution in [0, 0.1) is 0 Å². The predicted molar refractivity (Wildman–Crippen MR) is 43.7 cm³/mol. The molecule has 0 N–H and O–H groups in total. The Bertz CT molecular complexity index is 296. The summed E-state index contributed by atoms with van der Waals surface area (Å²) in [5, 5.41) is 0. The Morgan fingerprint density at radius 3 is 2.50 bits per heavy atom. The minimum Gasteiger partial charge on any atom is -0.0581 e. The second-order valence-corrected chi connectivity index (χ2v) is 2.92. The van der Waals surface area contributed by atoms with Crippen molar-refractivity contribution >= 4 is 0 Å². The molecule has 0 amide bonds. The summed E-state index contributed by atoms with van der Waals surface area (Å²) in [5.74, 6) is 0. The summed E-state index contributed by atoms with van der Waals surface area (Å²) in [7, 11) is 0. The molecule has 2 aliphatic rings. The molecule has 0 spiro atoms. The molecule has 0 saturated heterocycles. The van der Waals surface area contributed by atoms with E-state index in [-0.39, 0.29) is 0 Å². The fourth-order valence-electron chi connectivity index (χ4n) is 1.46. The number of rotatable bonds is 0. The summed E-state index contributed by atoms with van der Waals surface area (Å²) in [6, 6.07) is 0. The molecule has 2 aliphatic carbocycles. The molecule has 0 heterocycles. The Morgan fingerprint density at radius 1 is 1.00 bits per heavy atom. The van der Waals surface area contributed by atoms with Crippen LogP contribution < -0.4 is 0 Å². The van der Waals surface area contributed by atoms with E-state index >= 15 is 0 Å². The van der Waals surface area contributed by atoms with Gasteiger partial charge in [-0.05, 0) is 36.1 Å². The molecule has 0 aromatic heterocycles. The molecule has 0 fully saturated rings. The fraction of sp³-hybridized carbons (Fsp3) is 0.200. The van der Waals surface area contributed by atoms with Gasteiger partial charge in [0, 0.05) is 0 Å². The molecule has 0 atom stereocenters. The maximum atomic E-state index is 2.24. The van der Waals surface area contributed by atoms with Crippen LogP contribution in [0.4, 0.5) is 0 Å². The number of allylic oxidation sites excluding steroid dienone is 8. The van der Waals surface area contributed by atoms with Gasteiger partial charge in [-0.25, -0.2) is 0 Å². The summed E-state index contributed by atoms with van der Waals surface area (Å²) in [6.45, 7) is 4.29. The van der Waals surface area contributed by atoms with Crippen molar-refractivity contribution in [3.63, 3.8) is 0 Å². The summed E-state index contributed by atoms with van der Waals surface area (Å²) in [4.78, 5) is 0. The molecule has 0 aromatic rings. The lowest BCUT2D eigenvalue weighted by Crippen LogP contribution is -1.72. The van der Waals surface area contributed by atoms with Gasteiger partial charge in [0.2, 0.25) is 0 Å². The first-order valence-corrected chi connectivity index (χ1v) is 3.57. The molecule has 0 aliphatic heterocycles. The van der Waals surface area contributed by atoms with Gasteiger partial charge in [0.1, 0.15) is 0 Å². The van der Waals surface area contributed by atoms with E-state index in [0.29, 0.717) is 0 Å². The topological polar surface area (TPSA) is 0 Å². The molecule has 50 valence electrons. The van der Waals surface area contributed by atoms with Gasteiger partial charge in [0.05, 0.1) is 0 Å². The highest BCUT2D eigenvalue weighted by Gasteiger charge is 2.12. The number of fused-ring (bicyclic) bond motifs is 1. The van der Waals surface area contributed by atoms with Crippen LogP contribution in [0.25, 0.3) is 0 Å². The average molecular weight is 130 g/mol. The smallest absolute Gasteiger partial charge is 0.0152 e. The molecule has 0 nitrogen and oxygen atoms in total. The molecule has 0 heteroatoms. The monoisotopic (exact) mass is 130 g/mol. The zero-order valence-electron chi connectivity index (χ0n) is 6.31.